The van der Waals surface area contributed by atoms with Crippen LogP contribution in [0.5, 0.6) is 0 Å². The minimum Gasteiger partial charge on any atom is -0.275 e. The van der Waals surface area contributed by atoms with Crippen molar-refractivity contribution in [3.8, 4) is 33.6 Å². The summed E-state index contributed by atoms with van der Waals surface area (Å²) in [5.74, 6) is -0.318. The van der Waals surface area contributed by atoms with Gasteiger partial charge in [0.1, 0.15) is 5.82 Å². The maximum atomic E-state index is 14.4. The zero-order chi connectivity index (χ0) is 19.8. The van der Waals surface area contributed by atoms with E-state index in [1.54, 1.807) is 41.5 Å². The van der Waals surface area contributed by atoms with E-state index in [0.717, 1.165) is 27.8 Å². The van der Waals surface area contributed by atoms with E-state index in [-0.39, 0.29) is 5.82 Å². The van der Waals surface area contributed by atoms with Gasteiger partial charge in [0.25, 0.3) is 0 Å². The zero-order valence-corrected chi connectivity index (χ0v) is 15.6. The largest absolute Gasteiger partial charge is 0.275 e. The van der Waals surface area contributed by atoms with Gasteiger partial charge in [0.2, 0.25) is 0 Å². The summed E-state index contributed by atoms with van der Waals surface area (Å²) in [7, 11) is 1.88. The summed E-state index contributed by atoms with van der Waals surface area (Å²) < 4.78 is 16.2. The highest BCUT2D eigenvalue weighted by Crippen LogP contribution is 2.33. The molecule has 0 unspecified atom stereocenters. The third-order valence-corrected chi connectivity index (χ3v) is 4.79. The lowest BCUT2D eigenvalue weighted by Crippen LogP contribution is -1.94. The lowest BCUT2D eigenvalue weighted by atomic mass is 9.99. The number of nitrogens with zero attached hydrogens (tertiary/aromatic N) is 5. The summed E-state index contributed by atoms with van der Waals surface area (Å²) in [6.45, 7) is 0. The Bertz CT molecular complexity index is 1340. The predicted molar refractivity (Wildman–Crippen MR) is 110 cm³/mol. The number of hydrogen-bond acceptors (Lipinski definition) is 4. The van der Waals surface area contributed by atoms with Crippen LogP contribution in [0, 0.1) is 5.82 Å². The minimum absolute atomic E-state index is 0.318. The van der Waals surface area contributed by atoms with Crippen LogP contribution in [0.25, 0.3) is 44.7 Å². The van der Waals surface area contributed by atoms with Crippen molar-refractivity contribution in [2.75, 3.05) is 0 Å². The lowest BCUT2D eigenvalue weighted by molar-refractivity contribution is 0.631. The van der Waals surface area contributed by atoms with Gasteiger partial charge in [-0.3, -0.25) is 9.67 Å². The highest BCUT2D eigenvalue weighted by molar-refractivity contribution is 5.95. The molecule has 5 rings (SSSR count). The van der Waals surface area contributed by atoms with Crippen molar-refractivity contribution < 1.29 is 4.39 Å². The summed E-state index contributed by atoms with van der Waals surface area (Å²) in [4.78, 5) is 13.4. The van der Waals surface area contributed by atoms with Gasteiger partial charge in [0.05, 0.1) is 11.4 Å². The molecule has 0 saturated heterocycles. The molecule has 140 valence electrons. The standard InChI is InChI=1S/C23H16FN5/c1-29-10-8-21(28-29)16-11-15(13-25-14-16)19-12-22(18-5-2-3-7-20(18)24)27-23-17(19)6-4-9-26-23/h2-14H,1H3. The van der Waals surface area contributed by atoms with Gasteiger partial charge in [-0.2, -0.15) is 5.10 Å². The molecule has 0 atom stereocenters. The van der Waals surface area contributed by atoms with Crippen molar-refractivity contribution in [3.05, 3.63) is 85.2 Å². The van der Waals surface area contributed by atoms with Gasteiger partial charge >= 0.3 is 0 Å². The number of pyridine rings is 3. The number of fused-ring (bicyclic) bond motifs is 1. The van der Waals surface area contributed by atoms with E-state index >= 15 is 0 Å². The van der Waals surface area contributed by atoms with E-state index in [9.17, 15) is 4.39 Å². The highest BCUT2D eigenvalue weighted by atomic mass is 19.1. The molecule has 0 aliphatic rings. The Labute approximate surface area is 166 Å². The van der Waals surface area contributed by atoms with Crippen molar-refractivity contribution in [2.24, 2.45) is 7.05 Å². The third kappa shape index (κ3) is 3.14. The summed E-state index contributed by atoms with van der Waals surface area (Å²) in [5.41, 5.74) is 5.07. The topological polar surface area (TPSA) is 56.5 Å². The first-order valence-electron chi connectivity index (χ1n) is 9.15. The molecule has 29 heavy (non-hydrogen) atoms. The predicted octanol–water partition coefficient (Wildman–Crippen LogP) is 4.90. The van der Waals surface area contributed by atoms with Crippen LogP contribution in [0.4, 0.5) is 4.39 Å². The van der Waals surface area contributed by atoms with Crippen LogP contribution in [-0.4, -0.2) is 24.7 Å². The van der Waals surface area contributed by atoms with Crippen molar-refractivity contribution in [1.82, 2.24) is 24.7 Å². The molecule has 5 aromatic rings. The molecule has 0 fully saturated rings. The van der Waals surface area contributed by atoms with Gasteiger partial charge in [-0.25, -0.2) is 14.4 Å². The maximum absolute atomic E-state index is 14.4. The van der Waals surface area contributed by atoms with Gasteiger partial charge in [0.15, 0.2) is 5.65 Å². The first kappa shape index (κ1) is 17.2. The fraction of sp³-hybridized carbons (Fsp3) is 0.0435. The summed E-state index contributed by atoms with van der Waals surface area (Å²) in [6.07, 6.45) is 7.15. The van der Waals surface area contributed by atoms with E-state index in [4.69, 9.17) is 0 Å². The van der Waals surface area contributed by atoms with Gasteiger partial charge in [-0.1, -0.05) is 12.1 Å². The Morgan fingerprint density at radius 2 is 1.72 bits per heavy atom. The van der Waals surface area contributed by atoms with Crippen LogP contribution in [-0.2, 0) is 7.05 Å². The number of halogens is 1. The zero-order valence-electron chi connectivity index (χ0n) is 15.6. The quantitative estimate of drug-likeness (QED) is 0.446. The van der Waals surface area contributed by atoms with Crippen LogP contribution < -0.4 is 0 Å². The van der Waals surface area contributed by atoms with Crippen molar-refractivity contribution >= 4 is 11.0 Å². The molecule has 0 amide bonds. The van der Waals surface area contributed by atoms with E-state index in [1.807, 2.05) is 43.6 Å². The normalized spacial score (nSPS) is 11.1. The Morgan fingerprint density at radius 1 is 0.862 bits per heavy atom. The van der Waals surface area contributed by atoms with Crippen molar-refractivity contribution in [2.45, 2.75) is 0 Å². The van der Waals surface area contributed by atoms with E-state index in [0.29, 0.717) is 16.9 Å². The molecule has 0 radical (unpaired) electrons. The number of hydrogen-bond donors (Lipinski definition) is 0. The van der Waals surface area contributed by atoms with Crippen molar-refractivity contribution in [3.63, 3.8) is 0 Å². The van der Waals surface area contributed by atoms with Gasteiger partial charge < -0.3 is 0 Å². The average molecular weight is 381 g/mol. The minimum atomic E-state index is -0.318. The Morgan fingerprint density at radius 3 is 2.55 bits per heavy atom. The maximum Gasteiger partial charge on any atom is 0.160 e. The van der Waals surface area contributed by atoms with Gasteiger partial charge in [-0.15, -0.1) is 0 Å². The molecule has 0 N–H and O–H groups in total. The van der Waals surface area contributed by atoms with Crippen LogP contribution in [0.3, 0.4) is 0 Å². The van der Waals surface area contributed by atoms with Crippen LogP contribution in [0.15, 0.2) is 79.4 Å². The first-order valence-corrected chi connectivity index (χ1v) is 9.15. The summed E-state index contributed by atoms with van der Waals surface area (Å²) >= 11 is 0. The Hall–Kier alpha value is -3.93. The second-order valence-electron chi connectivity index (χ2n) is 6.75. The van der Waals surface area contributed by atoms with Gasteiger partial charge in [-0.05, 0) is 48.0 Å². The monoisotopic (exact) mass is 381 g/mol. The molecule has 6 heteroatoms. The Balaban J connectivity index is 1.74. The highest BCUT2D eigenvalue weighted by Gasteiger charge is 2.14. The van der Waals surface area contributed by atoms with Gasteiger partial charge in [0, 0.05) is 53.9 Å². The van der Waals surface area contributed by atoms with Crippen LogP contribution in [0.1, 0.15) is 0 Å². The molecular formula is C23H16FN5. The molecule has 0 saturated carbocycles. The molecule has 4 aromatic heterocycles. The van der Waals surface area contributed by atoms with Crippen LogP contribution >= 0.6 is 0 Å². The SMILES string of the molecule is Cn1ccc(-c2cncc(-c3cc(-c4ccccc4F)nc4ncccc34)c2)n1. The second-order valence-corrected chi connectivity index (χ2v) is 6.75. The molecule has 0 aliphatic heterocycles. The smallest absolute Gasteiger partial charge is 0.160 e. The van der Waals surface area contributed by atoms with Crippen LogP contribution in [0.2, 0.25) is 0 Å². The number of benzene rings is 1. The van der Waals surface area contributed by atoms with Crippen molar-refractivity contribution in [1.29, 1.82) is 0 Å². The first-order chi connectivity index (χ1) is 14.2. The molecule has 5 nitrogen and oxygen atoms in total. The molecular weight excluding hydrogens is 365 g/mol. The number of aryl methyl sites for hydroxylation is 1. The molecule has 0 bridgehead atoms. The average Bonchev–Trinajstić information content (AvgIpc) is 3.20. The lowest BCUT2D eigenvalue weighted by Gasteiger charge is -2.11. The van der Waals surface area contributed by atoms with E-state index in [1.165, 1.54) is 6.07 Å². The fourth-order valence-corrected chi connectivity index (χ4v) is 3.40. The number of rotatable bonds is 3. The third-order valence-electron chi connectivity index (χ3n) is 4.79. The van der Waals surface area contributed by atoms with E-state index in [2.05, 4.69) is 20.1 Å². The second kappa shape index (κ2) is 6.91. The van der Waals surface area contributed by atoms with E-state index < -0.39 is 0 Å². The summed E-state index contributed by atoms with van der Waals surface area (Å²) in [6, 6.07) is 16.3. The number of aromatic nitrogens is 5. The fourth-order valence-electron chi connectivity index (χ4n) is 3.40. The molecule has 1 aromatic carbocycles. The summed E-state index contributed by atoms with van der Waals surface area (Å²) in [5, 5.41) is 5.34. The molecule has 0 aliphatic carbocycles. The molecule has 4 heterocycles. The Kier molecular flexibility index (Phi) is 4.09. The molecule has 0 spiro atoms.